The standard InChI is InChI=1S/2C12H11N3O5S/c1-20-10-4-5-21-11(10)14-12(17)13-8-6-7(15(18)19)2-3-9(8)16;1-20-10-4-5-21-11(10)14-12(17)13-8-3-2-7(15(18)19)6-9(8)16/h2*2-6,16H,1H3,(H2,13,14,17). The number of amides is 4. The molecule has 0 radical (unpaired) electrons. The highest BCUT2D eigenvalue weighted by molar-refractivity contribution is 7.15. The number of anilines is 4. The van der Waals surface area contributed by atoms with Crippen LogP contribution in [0.5, 0.6) is 23.0 Å². The first kappa shape index (κ1) is 30.9. The highest BCUT2D eigenvalue weighted by Crippen LogP contribution is 2.33. The summed E-state index contributed by atoms with van der Waals surface area (Å²) in [6.45, 7) is 0. The Bertz CT molecular complexity index is 1610. The predicted molar refractivity (Wildman–Crippen MR) is 157 cm³/mol. The summed E-state index contributed by atoms with van der Waals surface area (Å²) in [5.41, 5.74) is -0.499. The van der Waals surface area contributed by atoms with E-state index in [9.17, 15) is 40.0 Å². The summed E-state index contributed by atoms with van der Waals surface area (Å²) in [5.74, 6) is 0.355. The molecule has 4 rings (SSSR count). The van der Waals surface area contributed by atoms with Gasteiger partial charge in [0.15, 0.2) is 11.5 Å². The van der Waals surface area contributed by atoms with Gasteiger partial charge in [-0.1, -0.05) is 0 Å². The molecule has 0 bridgehead atoms. The number of ether oxygens (including phenoxy) is 2. The third-order valence-electron chi connectivity index (χ3n) is 5.03. The molecule has 2 aromatic heterocycles. The number of phenolic OH excluding ortho intramolecular Hbond substituents is 2. The van der Waals surface area contributed by atoms with Crippen LogP contribution in [0.1, 0.15) is 0 Å². The summed E-state index contributed by atoms with van der Waals surface area (Å²) in [6.07, 6.45) is 0. The van der Waals surface area contributed by atoms with Gasteiger partial charge < -0.3 is 30.3 Å². The molecule has 2 heterocycles. The van der Waals surface area contributed by atoms with Crippen molar-refractivity contribution in [3.8, 4) is 23.0 Å². The number of nitro groups is 2. The molecule has 0 atom stereocenters. The van der Waals surface area contributed by atoms with Crippen LogP contribution < -0.4 is 30.7 Å². The van der Waals surface area contributed by atoms with Crippen LogP contribution in [-0.2, 0) is 0 Å². The van der Waals surface area contributed by atoms with Gasteiger partial charge in [-0.2, -0.15) is 0 Å². The summed E-state index contributed by atoms with van der Waals surface area (Å²) in [4.78, 5) is 43.6. The van der Waals surface area contributed by atoms with E-state index in [1.54, 1.807) is 22.9 Å². The monoisotopic (exact) mass is 618 g/mol. The summed E-state index contributed by atoms with van der Waals surface area (Å²) >= 11 is 2.53. The number of thiophene rings is 2. The highest BCUT2D eigenvalue weighted by atomic mass is 32.1. The molecular weight excluding hydrogens is 596 g/mol. The zero-order valence-corrected chi connectivity index (χ0v) is 23.3. The van der Waals surface area contributed by atoms with Gasteiger partial charge in [0.1, 0.15) is 21.5 Å². The molecule has 0 spiro atoms. The molecule has 0 saturated heterocycles. The maximum Gasteiger partial charge on any atom is 0.324 e. The van der Waals surface area contributed by atoms with Crippen LogP contribution in [0.3, 0.4) is 0 Å². The molecule has 0 saturated carbocycles. The number of nitrogens with zero attached hydrogens (tertiary/aromatic N) is 2. The Morgan fingerprint density at radius 1 is 0.690 bits per heavy atom. The summed E-state index contributed by atoms with van der Waals surface area (Å²) in [7, 11) is 2.95. The van der Waals surface area contributed by atoms with Crippen molar-refractivity contribution in [2.45, 2.75) is 0 Å². The average Bonchev–Trinajstić information content (AvgIpc) is 3.59. The van der Waals surface area contributed by atoms with Gasteiger partial charge in [-0.05, 0) is 35.0 Å². The van der Waals surface area contributed by atoms with Gasteiger partial charge in [-0.15, -0.1) is 22.7 Å². The number of nitrogens with one attached hydrogen (secondary N) is 4. The van der Waals surface area contributed by atoms with Crippen molar-refractivity contribution in [2.75, 3.05) is 35.5 Å². The van der Waals surface area contributed by atoms with E-state index in [0.717, 1.165) is 24.3 Å². The van der Waals surface area contributed by atoms with Crippen LogP contribution >= 0.6 is 22.7 Å². The van der Waals surface area contributed by atoms with E-state index in [1.165, 1.54) is 49.0 Å². The number of hydrogen-bond donors (Lipinski definition) is 6. The second-order valence-electron chi connectivity index (χ2n) is 7.71. The second-order valence-corrected chi connectivity index (χ2v) is 9.54. The van der Waals surface area contributed by atoms with Crippen molar-refractivity contribution in [3.05, 3.63) is 79.5 Å². The van der Waals surface area contributed by atoms with Crippen LogP contribution in [0.15, 0.2) is 59.3 Å². The molecule has 2 aromatic carbocycles. The Morgan fingerprint density at radius 3 is 1.64 bits per heavy atom. The molecule has 0 unspecified atom stereocenters. The van der Waals surface area contributed by atoms with Crippen molar-refractivity contribution in [1.82, 2.24) is 0 Å². The largest absolute Gasteiger partial charge is 0.506 e. The molecule has 16 nitrogen and oxygen atoms in total. The first-order valence-electron chi connectivity index (χ1n) is 11.4. The first-order valence-corrected chi connectivity index (χ1v) is 13.1. The molecule has 6 N–H and O–H groups in total. The Kier molecular flexibility index (Phi) is 10.4. The van der Waals surface area contributed by atoms with E-state index in [2.05, 4.69) is 21.3 Å². The maximum absolute atomic E-state index is 11.8. The van der Waals surface area contributed by atoms with Gasteiger partial charge >= 0.3 is 12.1 Å². The number of rotatable bonds is 8. The van der Waals surface area contributed by atoms with Crippen LogP contribution in [0, 0.1) is 20.2 Å². The number of urea groups is 2. The summed E-state index contributed by atoms with van der Waals surface area (Å²) < 4.78 is 10.1. The predicted octanol–water partition coefficient (Wildman–Crippen LogP) is 6.03. The van der Waals surface area contributed by atoms with Gasteiger partial charge in [0, 0.05) is 18.2 Å². The van der Waals surface area contributed by atoms with Crippen molar-refractivity contribution in [1.29, 1.82) is 0 Å². The van der Waals surface area contributed by atoms with E-state index in [4.69, 9.17) is 9.47 Å². The number of hydrogen-bond acceptors (Lipinski definition) is 12. The number of non-ortho nitro benzene ring substituents is 2. The van der Waals surface area contributed by atoms with E-state index < -0.39 is 27.7 Å². The third-order valence-corrected chi connectivity index (χ3v) is 6.65. The lowest BCUT2D eigenvalue weighted by Crippen LogP contribution is -2.19. The summed E-state index contributed by atoms with van der Waals surface area (Å²) in [5, 5.41) is 54.8. The van der Waals surface area contributed by atoms with Gasteiger partial charge in [0.05, 0.1) is 41.5 Å². The lowest BCUT2D eigenvalue weighted by atomic mass is 10.2. The van der Waals surface area contributed by atoms with Crippen molar-refractivity contribution >= 4 is 67.5 Å². The molecule has 4 amide bonds. The second kappa shape index (κ2) is 14.1. The minimum Gasteiger partial charge on any atom is -0.506 e. The molecule has 4 aromatic rings. The number of carbonyl (C=O) groups is 2. The van der Waals surface area contributed by atoms with Gasteiger partial charge in [-0.25, -0.2) is 9.59 Å². The van der Waals surface area contributed by atoms with E-state index in [0.29, 0.717) is 21.5 Å². The lowest BCUT2D eigenvalue weighted by Gasteiger charge is -2.08. The van der Waals surface area contributed by atoms with E-state index in [-0.39, 0.29) is 28.5 Å². The Labute approximate surface area is 244 Å². The highest BCUT2D eigenvalue weighted by Gasteiger charge is 2.15. The van der Waals surface area contributed by atoms with Gasteiger partial charge in [0.2, 0.25) is 0 Å². The number of carbonyl (C=O) groups excluding carboxylic acids is 2. The molecule has 0 fully saturated rings. The van der Waals surface area contributed by atoms with Crippen molar-refractivity contribution < 1.29 is 39.1 Å². The SMILES string of the molecule is COc1ccsc1NC(=O)Nc1cc([N+](=O)[O-])ccc1O.COc1ccsc1NC(=O)Nc1ccc([N+](=O)[O-])cc1O. The number of aromatic hydroxyl groups is 2. The fourth-order valence-corrected chi connectivity index (χ4v) is 4.58. The number of nitro benzene ring substituents is 2. The molecule has 42 heavy (non-hydrogen) atoms. The topological polar surface area (TPSA) is 227 Å². The molecule has 0 aliphatic heterocycles. The number of phenols is 2. The number of benzene rings is 2. The molecular formula is C24H22N6O10S2. The first-order chi connectivity index (χ1) is 20.0. The number of methoxy groups -OCH3 is 2. The molecule has 0 aliphatic carbocycles. The Morgan fingerprint density at radius 2 is 1.17 bits per heavy atom. The summed E-state index contributed by atoms with van der Waals surface area (Å²) in [6, 6.07) is 8.88. The zero-order valence-electron chi connectivity index (χ0n) is 21.6. The zero-order chi connectivity index (χ0) is 30.8. The van der Waals surface area contributed by atoms with Crippen LogP contribution in [0.25, 0.3) is 0 Å². The third kappa shape index (κ3) is 8.19. The molecule has 18 heteroatoms. The maximum atomic E-state index is 11.8. The van der Waals surface area contributed by atoms with E-state index in [1.807, 2.05) is 0 Å². The average molecular weight is 619 g/mol. The van der Waals surface area contributed by atoms with Gasteiger partial charge in [-0.3, -0.25) is 30.9 Å². The fourth-order valence-electron chi connectivity index (χ4n) is 3.09. The van der Waals surface area contributed by atoms with Gasteiger partial charge in [0.25, 0.3) is 11.4 Å². The van der Waals surface area contributed by atoms with Crippen LogP contribution in [0.2, 0.25) is 0 Å². The molecule has 0 aliphatic rings. The van der Waals surface area contributed by atoms with E-state index >= 15 is 0 Å². The minimum absolute atomic E-state index is 0.0581. The Balaban J connectivity index is 0.000000230. The minimum atomic E-state index is -0.647. The van der Waals surface area contributed by atoms with Crippen LogP contribution in [-0.4, -0.2) is 46.3 Å². The molecule has 220 valence electrons. The smallest absolute Gasteiger partial charge is 0.324 e. The van der Waals surface area contributed by atoms with Crippen molar-refractivity contribution in [3.63, 3.8) is 0 Å². The van der Waals surface area contributed by atoms with Crippen molar-refractivity contribution in [2.24, 2.45) is 0 Å². The quantitative estimate of drug-likeness (QED) is 0.0763. The normalized spacial score (nSPS) is 9.95. The Hall–Kier alpha value is -5.62. The lowest BCUT2D eigenvalue weighted by molar-refractivity contribution is -0.385. The van der Waals surface area contributed by atoms with Crippen LogP contribution in [0.4, 0.5) is 42.3 Å². The fraction of sp³-hybridized carbons (Fsp3) is 0.0833.